The molecule has 1 aliphatic heterocycles. The summed E-state index contributed by atoms with van der Waals surface area (Å²) >= 11 is 14.5. The molecule has 1 aliphatic carbocycles. The van der Waals surface area contributed by atoms with E-state index in [0.29, 0.717) is 30.8 Å². The molecule has 0 spiro atoms. The minimum absolute atomic E-state index is 0.154. The minimum atomic E-state index is -5.65. The molecule has 0 saturated carbocycles. The zero-order valence-corrected chi connectivity index (χ0v) is 29.2. The Kier molecular flexibility index (Phi) is 7.80. The molecule has 0 radical (unpaired) electrons. The second-order valence-electron chi connectivity index (χ2n) is 9.63. The molecule has 0 fully saturated rings. The van der Waals surface area contributed by atoms with Crippen LogP contribution < -0.4 is 0 Å². The summed E-state index contributed by atoms with van der Waals surface area (Å²) in [4.78, 5) is 3.51. The first-order valence-corrected chi connectivity index (χ1v) is 19.1. The maximum absolute atomic E-state index is 16.1. The Morgan fingerprint density at radius 3 is 1.79 bits per heavy atom. The van der Waals surface area contributed by atoms with Gasteiger partial charge >= 0.3 is 17.8 Å². The Morgan fingerprint density at radius 2 is 1.28 bits per heavy atom. The van der Waals surface area contributed by atoms with E-state index in [-0.39, 0.29) is 26.1 Å². The van der Waals surface area contributed by atoms with Gasteiger partial charge in [-0.2, -0.15) is 26.3 Å². The lowest BCUT2D eigenvalue weighted by Gasteiger charge is -2.25. The van der Waals surface area contributed by atoms with Gasteiger partial charge in [0.05, 0.1) is 13.5 Å². The number of halogens is 8. The van der Waals surface area contributed by atoms with Crippen molar-refractivity contribution in [1.29, 1.82) is 0 Å². The Labute approximate surface area is 283 Å². The number of hydrogen-bond donors (Lipinski definition) is 0. The highest BCUT2D eigenvalue weighted by molar-refractivity contribution is 9.14. The van der Waals surface area contributed by atoms with Crippen LogP contribution in [0.25, 0.3) is 40.4 Å². The largest absolute Gasteiger partial charge is 0.380 e. The van der Waals surface area contributed by atoms with Crippen LogP contribution in [0, 0.1) is 0 Å². The summed E-state index contributed by atoms with van der Waals surface area (Å²) in [6.07, 6.45) is 2.54. The first kappa shape index (κ1) is 30.5. The van der Waals surface area contributed by atoms with Crippen LogP contribution in [-0.2, 0) is 0 Å². The Hall–Kier alpha value is -1.13. The molecule has 7 rings (SSSR count). The minimum Gasteiger partial charge on any atom is -0.194 e. The quantitative estimate of drug-likeness (QED) is 0.154. The smallest absolute Gasteiger partial charge is 0.194 e. The highest BCUT2D eigenvalue weighted by Crippen LogP contribution is 2.67. The second kappa shape index (κ2) is 11.0. The van der Waals surface area contributed by atoms with Crippen molar-refractivity contribution in [2.45, 2.75) is 29.4 Å². The second-order valence-corrected chi connectivity index (χ2v) is 18.7. The third-order valence-electron chi connectivity index (χ3n) is 7.06. The summed E-state index contributed by atoms with van der Waals surface area (Å²) in [6, 6.07) is 13.2. The predicted molar refractivity (Wildman–Crippen MR) is 180 cm³/mol. The summed E-state index contributed by atoms with van der Waals surface area (Å²) in [7, 11) is 0. The fraction of sp³-hybridized carbons (Fsp3) is 0.172. The Balaban J connectivity index is 1.55. The predicted octanol–water partition coefficient (Wildman–Crippen LogP) is 14.0. The van der Waals surface area contributed by atoms with Crippen LogP contribution >= 0.6 is 100 Å². The summed E-state index contributed by atoms with van der Waals surface area (Å²) < 4.78 is 96.9. The van der Waals surface area contributed by atoms with E-state index < -0.39 is 28.9 Å². The molecule has 43 heavy (non-hydrogen) atoms. The van der Waals surface area contributed by atoms with Gasteiger partial charge in [-0.15, -0.1) is 68.4 Å². The first-order chi connectivity index (χ1) is 20.4. The van der Waals surface area contributed by atoms with Crippen LogP contribution in [0.3, 0.4) is 0 Å². The number of allylic oxidation sites excluding steroid dienone is 3. The third kappa shape index (κ3) is 4.85. The van der Waals surface area contributed by atoms with E-state index in [2.05, 4.69) is 31.9 Å². The van der Waals surface area contributed by atoms with Gasteiger partial charge in [0.2, 0.25) is 0 Å². The standard InChI is InChI=1S/C29H14Br2F6S6/c30-21-7-5-15(40-21)19-11-13(25(42-19)17-3-1-9-38-17)23-24(28(34,35)29(36,37)27(23,32)33)14-12-20(16-6-8-22(31)41-16)43-26(14)18-4-2-10-39-18/h1-5,7-12,16H,6H2. The normalized spacial score (nSPS) is 20.7. The van der Waals surface area contributed by atoms with Crippen LogP contribution in [0.15, 0.2) is 73.0 Å². The zero-order valence-electron chi connectivity index (χ0n) is 21.1. The average molecular weight is 829 g/mol. The van der Waals surface area contributed by atoms with Gasteiger partial charge in [-0.3, -0.25) is 0 Å². The first-order valence-electron chi connectivity index (χ1n) is 12.4. The van der Waals surface area contributed by atoms with Gasteiger partial charge in [0.25, 0.3) is 0 Å². The summed E-state index contributed by atoms with van der Waals surface area (Å²) in [5, 5.41) is 3.32. The van der Waals surface area contributed by atoms with Crippen molar-refractivity contribution in [2.75, 3.05) is 0 Å². The molecule has 0 aromatic carbocycles. The highest BCUT2D eigenvalue weighted by atomic mass is 79.9. The number of rotatable bonds is 6. The van der Waals surface area contributed by atoms with E-state index in [0.717, 1.165) is 18.9 Å². The van der Waals surface area contributed by atoms with Gasteiger partial charge in [0.15, 0.2) is 0 Å². The van der Waals surface area contributed by atoms with Gasteiger partial charge in [-0.25, -0.2) is 0 Å². The van der Waals surface area contributed by atoms with Gasteiger partial charge in [-0.1, -0.05) is 18.2 Å². The number of thioether (sulfide) groups is 1. The average Bonchev–Trinajstić information content (AvgIpc) is 3.78. The molecule has 0 N–H and O–H groups in total. The van der Waals surface area contributed by atoms with Crippen LogP contribution in [0.2, 0.25) is 0 Å². The molecule has 6 heterocycles. The van der Waals surface area contributed by atoms with Crippen molar-refractivity contribution in [2.24, 2.45) is 0 Å². The molecule has 222 valence electrons. The molecular formula is C29H14Br2F6S6. The number of thiophene rings is 5. The molecule has 0 amide bonds. The Morgan fingerprint density at radius 1 is 0.674 bits per heavy atom. The van der Waals surface area contributed by atoms with Crippen molar-refractivity contribution in [1.82, 2.24) is 0 Å². The molecule has 5 aromatic heterocycles. The highest BCUT2D eigenvalue weighted by Gasteiger charge is 2.80. The fourth-order valence-corrected chi connectivity index (χ4v) is 12.6. The van der Waals surface area contributed by atoms with E-state index in [1.165, 1.54) is 69.2 Å². The SMILES string of the molecule is FC1(F)C(c2cc(-c3ccc(Br)s3)sc2-c2cccs2)=C(c2cc(C3CC=C(Br)S3)sc2-c2cccs2)C(F)(F)C1(F)F. The van der Waals surface area contributed by atoms with E-state index in [4.69, 9.17) is 0 Å². The lowest BCUT2D eigenvalue weighted by molar-refractivity contribution is -0.254. The number of alkyl halides is 6. The lowest BCUT2D eigenvalue weighted by atomic mass is 9.94. The maximum atomic E-state index is 16.1. The van der Waals surface area contributed by atoms with Gasteiger partial charge in [0.1, 0.15) is 0 Å². The monoisotopic (exact) mass is 826 g/mol. The fourth-order valence-electron chi connectivity index (χ4n) is 5.12. The van der Waals surface area contributed by atoms with Gasteiger partial charge in [0, 0.05) is 55.7 Å². The van der Waals surface area contributed by atoms with Gasteiger partial charge in [-0.05, 0) is 85.4 Å². The summed E-state index contributed by atoms with van der Waals surface area (Å²) in [5.41, 5.74) is -3.19. The van der Waals surface area contributed by atoms with E-state index in [9.17, 15) is 0 Å². The van der Waals surface area contributed by atoms with Crippen molar-refractivity contribution < 1.29 is 26.3 Å². The molecule has 2 aliphatic rings. The molecular weight excluding hydrogens is 815 g/mol. The molecule has 14 heteroatoms. The molecule has 1 unspecified atom stereocenters. The molecule has 0 saturated heterocycles. The summed E-state index contributed by atoms with van der Waals surface area (Å²) in [6.45, 7) is 0. The maximum Gasteiger partial charge on any atom is 0.380 e. The van der Waals surface area contributed by atoms with E-state index in [1.54, 1.807) is 47.2 Å². The van der Waals surface area contributed by atoms with Crippen molar-refractivity contribution >= 4 is 111 Å². The van der Waals surface area contributed by atoms with Crippen LogP contribution in [0.4, 0.5) is 26.3 Å². The third-order valence-corrected chi connectivity index (χ3v) is 15.5. The van der Waals surface area contributed by atoms with Crippen molar-refractivity contribution in [3.8, 4) is 29.3 Å². The van der Waals surface area contributed by atoms with E-state index >= 15 is 26.3 Å². The van der Waals surface area contributed by atoms with Gasteiger partial charge < -0.3 is 0 Å². The molecule has 0 nitrogen and oxygen atoms in total. The summed E-state index contributed by atoms with van der Waals surface area (Å²) in [5.74, 6) is -15.9. The van der Waals surface area contributed by atoms with E-state index in [1.807, 2.05) is 6.08 Å². The van der Waals surface area contributed by atoms with Crippen LogP contribution in [0.5, 0.6) is 0 Å². The van der Waals surface area contributed by atoms with Crippen molar-refractivity contribution in [3.63, 3.8) is 0 Å². The van der Waals surface area contributed by atoms with Crippen LogP contribution in [-0.4, -0.2) is 17.8 Å². The molecule has 5 aromatic rings. The topological polar surface area (TPSA) is 0 Å². The van der Waals surface area contributed by atoms with Crippen molar-refractivity contribution in [3.05, 3.63) is 89.0 Å². The zero-order chi connectivity index (χ0) is 30.3. The van der Waals surface area contributed by atoms with Crippen LogP contribution in [0.1, 0.15) is 27.7 Å². The number of hydrogen-bond acceptors (Lipinski definition) is 6. The molecule has 1 atom stereocenters. The molecule has 0 bridgehead atoms. The lowest BCUT2D eigenvalue weighted by Crippen LogP contribution is -2.48. The Bertz CT molecular complexity index is 1890.